The van der Waals surface area contributed by atoms with Gasteiger partial charge in [0.05, 0.1) is 11.7 Å². The predicted octanol–water partition coefficient (Wildman–Crippen LogP) is 6.42. The standard InChI is InChI=1S/C27H44O2/c1-18(7-6-14-25(2,3)29)22-10-11-23-21-9-8-19-17-20(28)12-15-26(19,4)24(21)13-16-27(22,23)5/h8-9,18,20,22-24,28-29H,6-7,10-17H2,1-5H3/t18-,20+,22-,23+,24+,26-,27-/m1/s1. The molecule has 0 aliphatic heterocycles. The molecule has 2 N–H and O–H groups in total. The van der Waals surface area contributed by atoms with Gasteiger partial charge in [-0.15, -0.1) is 0 Å². The fourth-order valence-corrected chi connectivity index (χ4v) is 8.02. The van der Waals surface area contributed by atoms with E-state index in [0.29, 0.717) is 16.7 Å². The van der Waals surface area contributed by atoms with E-state index in [4.69, 9.17) is 0 Å². The average Bonchev–Trinajstić information content (AvgIpc) is 2.98. The van der Waals surface area contributed by atoms with Gasteiger partial charge in [-0.1, -0.05) is 56.9 Å². The van der Waals surface area contributed by atoms with Crippen molar-refractivity contribution in [2.24, 2.45) is 34.5 Å². The number of aliphatic hydroxyl groups is 2. The third kappa shape index (κ3) is 3.78. The van der Waals surface area contributed by atoms with E-state index in [-0.39, 0.29) is 6.10 Å². The maximum atomic E-state index is 10.2. The molecule has 0 bridgehead atoms. The number of fused-ring (bicyclic) bond motifs is 5. The van der Waals surface area contributed by atoms with E-state index in [2.05, 4.69) is 32.9 Å². The molecule has 0 spiro atoms. The molecule has 0 aromatic rings. The summed E-state index contributed by atoms with van der Waals surface area (Å²) in [6, 6.07) is 0. The van der Waals surface area contributed by atoms with Crippen LogP contribution in [0.4, 0.5) is 0 Å². The zero-order valence-corrected chi connectivity index (χ0v) is 19.5. The van der Waals surface area contributed by atoms with Gasteiger partial charge >= 0.3 is 0 Å². The highest BCUT2D eigenvalue weighted by Crippen LogP contribution is 2.66. The minimum Gasteiger partial charge on any atom is -0.393 e. The summed E-state index contributed by atoms with van der Waals surface area (Å²) < 4.78 is 0. The molecule has 2 nitrogen and oxygen atoms in total. The average molecular weight is 401 g/mol. The fourth-order valence-electron chi connectivity index (χ4n) is 8.02. The van der Waals surface area contributed by atoms with E-state index in [1.54, 1.807) is 5.57 Å². The van der Waals surface area contributed by atoms with E-state index in [9.17, 15) is 10.2 Å². The zero-order chi connectivity index (χ0) is 21.0. The van der Waals surface area contributed by atoms with Gasteiger partial charge in [0.25, 0.3) is 0 Å². The lowest BCUT2D eigenvalue weighted by Crippen LogP contribution is -2.46. The summed E-state index contributed by atoms with van der Waals surface area (Å²) in [6.45, 7) is 11.5. The molecule has 4 aliphatic carbocycles. The molecule has 3 fully saturated rings. The molecule has 4 rings (SSSR count). The summed E-state index contributed by atoms with van der Waals surface area (Å²) >= 11 is 0. The molecule has 0 aromatic heterocycles. The number of hydrogen-bond acceptors (Lipinski definition) is 2. The highest BCUT2D eigenvalue weighted by molar-refractivity contribution is 5.38. The molecular weight excluding hydrogens is 356 g/mol. The number of allylic oxidation sites excluding steroid dienone is 3. The summed E-state index contributed by atoms with van der Waals surface area (Å²) in [7, 11) is 0. The molecule has 0 aromatic carbocycles. The van der Waals surface area contributed by atoms with E-state index < -0.39 is 5.60 Å². The highest BCUT2D eigenvalue weighted by Gasteiger charge is 2.56. The lowest BCUT2D eigenvalue weighted by molar-refractivity contribution is 0.0298. The second-order valence-corrected chi connectivity index (χ2v) is 12.2. The van der Waals surface area contributed by atoms with E-state index in [1.165, 1.54) is 37.7 Å². The van der Waals surface area contributed by atoms with Crippen LogP contribution in [0.1, 0.15) is 98.8 Å². The van der Waals surface area contributed by atoms with Crippen molar-refractivity contribution in [2.75, 3.05) is 0 Å². The summed E-state index contributed by atoms with van der Waals surface area (Å²) in [5, 5.41) is 20.3. The topological polar surface area (TPSA) is 40.5 Å². The third-order valence-corrected chi connectivity index (χ3v) is 9.75. The molecule has 3 saturated carbocycles. The second-order valence-electron chi connectivity index (χ2n) is 12.2. The van der Waals surface area contributed by atoms with Crippen LogP contribution in [0, 0.1) is 34.5 Å². The monoisotopic (exact) mass is 400 g/mol. The minimum absolute atomic E-state index is 0.126. The minimum atomic E-state index is -0.528. The lowest BCUT2D eigenvalue weighted by atomic mass is 9.50. The molecule has 0 heterocycles. The first-order chi connectivity index (χ1) is 13.5. The van der Waals surface area contributed by atoms with Crippen molar-refractivity contribution in [3.8, 4) is 0 Å². The van der Waals surface area contributed by atoms with Gasteiger partial charge in [0, 0.05) is 0 Å². The van der Waals surface area contributed by atoms with Gasteiger partial charge in [-0.2, -0.15) is 0 Å². The first-order valence-electron chi connectivity index (χ1n) is 12.4. The third-order valence-electron chi connectivity index (χ3n) is 9.75. The molecule has 29 heavy (non-hydrogen) atoms. The first-order valence-corrected chi connectivity index (χ1v) is 12.4. The predicted molar refractivity (Wildman–Crippen MR) is 120 cm³/mol. The Kier molecular flexibility index (Phi) is 5.61. The van der Waals surface area contributed by atoms with Crippen molar-refractivity contribution in [3.63, 3.8) is 0 Å². The van der Waals surface area contributed by atoms with Crippen molar-refractivity contribution in [1.82, 2.24) is 0 Å². The number of aliphatic hydroxyl groups excluding tert-OH is 1. The Hall–Kier alpha value is -0.600. The van der Waals surface area contributed by atoms with Crippen molar-refractivity contribution in [3.05, 3.63) is 23.3 Å². The summed E-state index contributed by atoms with van der Waals surface area (Å²) in [4.78, 5) is 0. The largest absolute Gasteiger partial charge is 0.393 e. The van der Waals surface area contributed by atoms with Gasteiger partial charge in [0.1, 0.15) is 0 Å². The van der Waals surface area contributed by atoms with Gasteiger partial charge in [0.15, 0.2) is 0 Å². The van der Waals surface area contributed by atoms with Crippen LogP contribution in [0.5, 0.6) is 0 Å². The van der Waals surface area contributed by atoms with Crippen LogP contribution in [0.3, 0.4) is 0 Å². The normalized spacial score (nSPS) is 43.0. The summed E-state index contributed by atoms with van der Waals surface area (Å²) in [5.41, 5.74) is 3.49. The highest BCUT2D eigenvalue weighted by atomic mass is 16.3. The fraction of sp³-hybridized carbons (Fsp3) is 0.852. The maximum Gasteiger partial charge on any atom is 0.0591 e. The SMILES string of the molecule is C[C@H](CCCC(C)(C)O)[C@H]1CC[C@H]2C3=CC=C4C[C@@H](O)CC[C@@]4(C)[C@H]3CC[C@]12C. The molecular formula is C27H44O2. The number of rotatable bonds is 5. The maximum absolute atomic E-state index is 10.2. The second kappa shape index (κ2) is 7.52. The van der Waals surface area contributed by atoms with Gasteiger partial charge in [0.2, 0.25) is 0 Å². The van der Waals surface area contributed by atoms with Crippen molar-refractivity contribution in [1.29, 1.82) is 0 Å². The Morgan fingerprint density at radius 2 is 1.83 bits per heavy atom. The Balaban J connectivity index is 1.51. The molecule has 2 heteroatoms. The molecule has 4 aliphatic rings. The van der Waals surface area contributed by atoms with Gasteiger partial charge < -0.3 is 10.2 Å². The van der Waals surface area contributed by atoms with E-state index in [1.807, 2.05) is 13.8 Å². The Labute approximate surface area is 178 Å². The van der Waals surface area contributed by atoms with Gasteiger partial charge in [-0.05, 0) is 99.7 Å². The van der Waals surface area contributed by atoms with Gasteiger partial charge in [-0.25, -0.2) is 0 Å². The molecule has 0 amide bonds. The molecule has 0 unspecified atom stereocenters. The van der Waals surface area contributed by atoms with Crippen LogP contribution in [0.2, 0.25) is 0 Å². The van der Waals surface area contributed by atoms with Crippen LogP contribution in [-0.4, -0.2) is 21.9 Å². The van der Waals surface area contributed by atoms with Crippen LogP contribution in [0.15, 0.2) is 23.3 Å². The van der Waals surface area contributed by atoms with Crippen molar-refractivity contribution >= 4 is 0 Å². The van der Waals surface area contributed by atoms with Crippen LogP contribution >= 0.6 is 0 Å². The lowest BCUT2D eigenvalue weighted by Gasteiger charge is -2.55. The molecule has 0 saturated heterocycles. The Morgan fingerprint density at radius 3 is 2.55 bits per heavy atom. The Bertz CT molecular complexity index is 683. The van der Waals surface area contributed by atoms with Crippen LogP contribution in [-0.2, 0) is 0 Å². The summed E-state index contributed by atoms with van der Waals surface area (Å²) in [6.07, 6.45) is 16.5. The van der Waals surface area contributed by atoms with Crippen LogP contribution < -0.4 is 0 Å². The zero-order valence-electron chi connectivity index (χ0n) is 19.5. The van der Waals surface area contributed by atoms with Crippen LogP contribution in [0.25, 0.3) is 0 Å². The molecule has 7 atom stereocenters. The Morgan fingerprint density at radius 1 is 1.07 bits per heavy atom. The summed E-state index contributed by atoms with van der Waals surface area (Å²) in [5.74, 6) is 3.03. The van der Waals surface area contributed by atoms with Crippen molar-refractivity contribution in [2.45, 2.75) is 111 Å². The quantitative estimate of drug-likeness (QED) is 0.559. The van der Waals surface area contributed by atoms with Gasteiger partial charge in [-0.3, -0.25) is 0 Å². The first kappa shape index (κ1) is 21.6. The molecule has 0 radical (unpaired) electrons. The van der Waals surface area contributed by atoms with E-state index in [0.717, 1.165) is 49.9 Å². The van der Waals surface area contributed by atoms with E-state index >= 15 is 0 Å². The number of hydrogen-bond donors (Lipinski definition) is 2. The smallest absolute Gasteiger partial charge is 0.0591 e. The van der Waals surface area contributed by atoms with Crippen molar-refractivity contribution < 1.29 is 10.2 Å². The molecule has 164 valence electrons.